The normalized spacial score (nSPS) is 11.1. The second-order valence-electron chi connectivity index (χ2n) is 9.59. The topological polar surface area (TPSA) is 102 Å². The zero-order valence-corrected chi connectivity index (χ0v) is 21.4. The molecule has 0 aliphatic rings. The Hall–Kier alpha value is -3.68. The molecule has 0 aliphatic carbocycles. The van der Waals surface area contributed by atoms with Crippen molar-refractivity contribution in [3.63, 3.8) is 0 Å². The summed E-state index contributed by atoms with van der Waals surface area (Å²) in [5.74, 6) is 0.187. The Bertz CT molecular complexity index is 1310. The maximum absolute atomic E-state index is 13.3. The van der Waals surface area contributed by atoms with Gasteiger partial charge in [-0.2, -0.15) is 0 Å². The summed E-state index contributed by atoms with van der Waals surface area (Å²) in [7, 11) is 0. The molecule has 0 spiro atoms. The van der Waals surface area contributed by atoms with E-state index in [1.807, 2.05) is 31.2 Å². The summed E-state index contributed by atoms with van der Waals surface area (Å²) < 4.78 is 2.52. The fraction of sp³-hybridized carbons (Fsp3) is 0.429. The second-order valence-corrected chi connectivity index (χ2v) is 9.59. The van der Waals surface area contributed by atoms with Gasteiger partial charge in [0.25, 0.3) is 5.56 Å². The maximum atomic E-state index is 13.3. The Kier molecular flexibility index (Phi) is 9.61. The van der Waals surface area contributed by atoms with Gasteiger partial charge >= 0.3 is 5.69 Å². The number of rotatable bonds is 12. The van der Waals surface area contributed by atoms with E-state index in [0.717, 1.165) is 17.5 Å². The highest BCUT2D eigenvalue weighted by molar-refractivity contribution is 5.81. The average Bonchev–Trinajstić information content (AvgIpc) is 2.85. The third-order valence-electron chi connectivity index (χ3n) is 6.12. The van der Waals surface area contributed by atoms with Crippen molar-refractivity contribution in [3.8, 4) is 0 Å². The number of nitrogens with one attached hydrogen (secondary N) is 2. The molecule has 1 heterocycles. The van der Waals surface area contributed by atoms with Crippen molar-refractivity contribution in [3.05, 3.63) is 80.5 Å². The molecule has 0 atom stereocenters. The molecular formula is C28H36N4O4. The summed E-state index contributed by atoms with van der Waals surface area (Å²) >= 11 is 0. The highest BCUT2D eigenvalue weighted by atomic mass is 16.2. The predicted octanol–water partition coefficient (Wildman–Crippen LogP) is 3.12. The Morgan fingerprint density at radius 1 is 0.889 bits per heavy atom. The van der Waals surface area contributed by atoms with Gasteiger partial charge in [0.15, 0.2) is 0 Å². The van der Waals surface area contributed by atoms with Crippen LogP contribution in [0.15, 0.2) is 58.1 Å². The number of aromatic nitrogens is 2. The largest absolute Gasteiger partial charge is 0.356 e. The Morgan fingerprint density at radius 2 is 1.61 bits per heavy atom. The van der Waals surface area contributed by atoms with E-state index >= 15 is 0 Å². The quantitative estimate of drug-likeness (QED) is 0.379. The molecule has 3 aromatic rings. The lowest BCUT2D eigenvalue weighted by Gasteiger charge is -2.14. The van der Waals surface area contributed by atoms with Crippen LogP contribution in [-0.2, 0) is 29.2 Å². The van der Waals surface area contributed by atoms with Crippen molar-refractivity contribution in [2.75, 3.05) is 6.54 Å². The van der Waals surface area contributed by atoms with Crippen LogP contribution in [-0.4, -0.2) is 27.5 Å². The molecule has 0 saturated carbocycles. The Balaban J connectivity index is 1.68. The minimum atomic E-state index is -0.523. The van der Waals surface area contributed by atoms with Crippen LogP contribution < -0.4 is 21.9 Å². The summed E-state index contributed by atoms with van der Waals surface area (Å²) in [4.78, 5) is 51.0. The molecule has 36 heavy (non-hydrogen) atoms. The molecule has 8 nitrogen and oxygen atoms in total. The highest BCUT2D eigenvalue weighted by Gasteiger charge is 2.15. The van der Waals surface area contributed by atoms with Crippen molar-refractivity contribution in [1.29, 1.82) is 0 Å². The SMILES string of the molecule is Cc1ccc(CNC(=O)Cn2c(=O)n(CCCCC(=O)NCCC(C)C)c(=O)c3ccccc32)cc1. The average molecular weight is 493 g/mol. The summed E-state index contributed by atoms with van der Waals surface area (Å²) in [6.07, 6.45) is 2.33. The van der Waals surface area contributed by atoms with Crippen molar-refractivity contribution in [2.45, 2.75) is 66.1 Å². The van der Waals surface area contributed by atoms with Gasteiger partial charge in [0, 0.05) is 26.1 Å². The molecule has 0 saturated heterocycles. The van der Waals surface area contributed by atoms with Gasteiger partial charge in [-0.1, -0.05) is 55.8 Å². The Labute approximate surface area is 211 Å². The predicted molar refractivity (Wildman–Crippen MR) is 142 cm³/mol. The minimum absolute atomic E-state index is 0.0239. The number of benzene rings is 2. The molecular weight excluding hydrogens is 456 g/mol. The van der Waals surface area contributed by atoms with Gasteiger partial charge in [0.2, 0.25) is 11.8 Å². The zero-order chi connectivity index (χ0) is 26.1. The van der Waals surface area contributed by atoms with E-state index in [9.17, 15) is 19.2 Å². The summed E-state index contributed by atoms with van der Waals surface area (Å²) in [6, 6.07) is 14.7. The molecule has 0 aliphatic heterocycles. The second kappa shape index (κ2) is 12.9. The van der Waals surface area contributed by atoms with E-state index < -0.39 is 5.69 Å². The maximum Gasteiger partial charge on any atom is 0.331 e. The fourth-order valence-corrected chi connectivity index (χ4v) is 3.97. The number of hydrogen-bond acceptors (Lipinski definition) is 4. The third-order valence-corrected chi connectivity index (χ3v) is 6.12. The summed E-state index contributed by atoms with van der Waals surface area (Å²) in [5, 5.41) is 6.13. The fourth-order valence-electron chi connectivity index (χ4n) is 3.97. The third kappa shape index (κ3) is 7.41. The first kappa shape index (κ1) is 26.9. The van der Waals surface area contributed by atoms with Crippen molar-refractivity contribution in [1.82, 2.24) is 19.8 Å². The van der Waals surface area contributed by atoms with Crippen LogP contribution in [0.1, 0.15) is 50.7 Å². The lowest BCUT2D eigenvalue weighted by molar-refractivity contribution is -0.122. The standard InChI is InChI=1S/C28H36N4O4/c1-20(2)15-16-29-25(33)10-6-7-17-31-27(35)23-8-4-5-9-24(23)32(28(31)36)19-26(34)30-18-22-13-11-21(3)12-14-22/h4-5,8-9,11-14,20H,6-7,10,15-19H2,1-3H3,(H,29,33)(H,30,34). The molecule has 3 rings (SSSR count). The minimum Gasteiger partial charge on any atom is -0.356 e. The van der Waals surface area contributed by atoms with E-state index in [2.05, 4.69) is 24.5 Å². The van der Waals surface area contributed by atoms with E-state index in [1.165, 1.54) is 9.13 Å². The monoisotopic (exact) mass is 492 g/mol. The molecule has 2 aromatic carbocycles. The molecule has 192 valence electrons. The van der Waals surface area contributed by atoms with Crippen molar-refractivity contribution >= 4 is 22.7 Å². The number of carbonyl (C=O) groups is 2. The number of nitrogens with zero attached hydrogens (tertiary/aromatic N) is 2. The molecule has 2 N–H and O–H groups in total. The van der Waals surface area contributed by atoms with E-state index in [-0.39, 0.29) is 30.5 Å². The number of carbonyl (C=O) groups excluding carboxylic acids is 2. The van der Waals surface area contributed by atoms with Crippen LogP contribution in [0.4, 0.5) is 0 Å². The van der Waals surface area contributed by atoms with Gasteiger partial charge in [-0.05, 0) is 49.8 Å². The van der Waals surface area contributed by atoms with Gasteiger partial charge in [-0.15, -0.1) is 0 Å². The highest BCUT2D eigenvalue weighted by Crippen LogP contribution is 2.09. The molecule has 0 bridgehead atoms. The van der Waals surface area contributed by atoms with Crippen LogP contribution in [0.3, 0.4) is 0 Å². The number of aryl methyl sites for hydroxylation is 1. The number of para-hydroxylation sites is 1. The van der Waals surface area contributed by atoms with E-state index in [0.29, 0.717) is 49.2 Å². The van der Waals surface area contributed by atoms with Crippen molar-refractivity contribution in [2.24, 2.45) is 5.92 Å². The Morgan fingerprint density at radius 3 is 2.33 bits per heavy atom. The lowest BCUT2D eigenvalue weighted by Crippen LogP contribution is -2.42. The van der Waals surface area contributed by atoms with Gasteiger partial charge in [0.05, 0.1) is 10.9 Å². The molecule has 0 fully saturated rings. The van der Waals surface area contributed by atoms with Crippen molar-refractivity contribution < 1.29 is 9.59 Å². The number of amides is 2. The number of unbranched alkanes of at least 4 members (excludes halogenated alkanes) is 1. The summed E-state index contributed by atoms with van der Waals surface area (Å²) in [6.45, 7) is 7.21. The molecule has 0 radical (unpaired) electrons. The lowest BCUT2D eigenvalue weighted by atomic mass is 10.1. The summed E-state index contributed by atoms with van der Waals surface area (Å²) in [5.41, 5.74) is 1.62. The van der Waals surface area contributed by atoms with E-state index in [4.69, 9.17) is 0 Å². The first-order valence-electron chi connectivity index (χ1n) is 12.6. The zero-order valence-electron chi connectivity index (χ0n) is 21.4. The molecule has 8 heteroatoms. The van der Waals surface area contributed by atoms with Gasteiger partial charge in [0.1, 0.15) is 6.54 Å². The molecule has 2 amide bonds. The number of hydrogen-bond donors (Lipinski definition) is 2. The van der Waals surface area contributed by atoms with Gasteiger partial charge in [-0.25, -0.2) is 4.79 Å². The van der Waals surface area contributed by atoms with Crippen LogP contribution in [0.5, 0.6) is 0 Å². The van der Waals surface area contributed by atoms with E-state index in [1.54, 1.807) is 24.3 Å². The number of fused-ring (bicyclic) bond motifs is 1. The molecule has 1 aromatic heterocycles. The van der Waals surface area contributed by atoms with Crippen LogP contribution in [0.25, 0.3) is 10.9 Å². The smallest absolute Gasteiger partial charge is 0.331 e. The van der Waals surface area contributed by atoms with Crippen LogP contribution >= 0.6 is 0 Å². The van der Waals surface area contributed by atoms with Gasteiger partial charge in [-0.3, -0.25) is 23.5 Å². The molecule has 0 unspecified atom stereocenters. The van der Waals surface area contributed by atoms with Crippen LogP contribution in [0, 0.1) is 12.8 Å². The van der Waals surface area contributed by atoms with Crippen LogP contribution in [0.2, 0.25) is 0 Å². The first-order chi connectivity index (χ1) is 17.3. The first-order valence-corrected chi connectivity index (χ1v) is 12.6. The van der Waals surface area contributed by atoms with Gasteiger partial charge < -0.3 is 10.6 Å².